The molecule has 1 aromatic heterocycles. The third-order valence-corrected chi connectivity index (χ3v) is 5.10. The van der Waals surface area contributed by atoms with Crippen molar-refractivity contribution in [3.63, 3.8) is 0 Å². The van der Waals surface area contributed by atoms with Gasteiger partial charge in [0, 0.05) is 6.04 Å². The van der Waals surface area contributed by atoms with Gasteiger partial charge in [-0.2, -0.15) is 5.26 Å². The Morgan fingerprint density at radius 3 is 3.00 bits per heavy atom. The predicted molar refractivity (Wildman–Crippen MR) is 82.3 cm³/mol. The third kappa shape index (κ3) is 5.52. The topological polar surface area (TPSA) is 87.9 Å². The fourth-order valence-electron chi connectivity index (χ4n) is 2.13. The highest BCUT2D eigenvalue weighted by Gasteiger charge is 2.16. The Morgan fingerprint density at radius 2 is 2.29 bits per heavy atom. The number of esters is 1. The van der Waals surface area contributed by atoms with Gasteiger partial charge in [0.05, 0.1) is 5.75 Å². The van der Waals surface area contributed by atoms with Crippen molar-refractivity contribution in [3.05, 3.63) is 0 Å². The number of anilines is 1. The lowest BCUT2D eigenvalue weighted by atomic mass is 9.96. The van der Waals surface area contributed by atoms with Gasteiger partial charge in [-0.15, -0.1) is 10.2 Å². The molecule has 2 rings (SSSR count). The van der Waals surface area contributed by atoms with Crippen LogP contribution in [0.4, 0.5) is 5.13 Å². The summed E-state index contributed by atoms with van der Waals surface area (Å²) >= 11 is 2.73. The zero-order chi connectivity index (χ0) is 15.1. The molecule has 8 heteroatoms. The van der Waals surface area contributed by atoms with E-state index in [4.69, 9.17) is 10.00 Å². The Kier molecular flexibility index (Phi) is 6.26. The van der Waals surface area contributed by atoms with E-state index in [-0.39, 0.29) is 5.75 Å². The van der Waals surface area contributed by atoms with Crippen LogP contribution in [0.25, 0.3) is 0 Å². The van der Waals surface area contributed by atoms with Crippen LogP contribution in [0.2, 0.25) is 0 Å². The number of nitrogens with one attached hydrogen (secondary N) is 1. The maximum absolute atomic E-state index is 11.5. The second-order valence-corrected chi connectivity index (χ2v) is 7.10. The van der Waals surface area contributed by atoms with Gasteiger partial charge in [-0.25, -0.2) is 0 Å². The molecule has 0 radical (unpaired) electrons. The Balaban J connectivity index is 1.75. The van der Waals surface area contributed by atoms with E-state index in [9.17, 15) is 4.79 Å². The van der Waals surface area contributed by atoms with Crippen LogP contribution >= 0.6 is 23.1 Å². The number of carbonyl (C=O) groups is 1. The van der Waals surface area contributed by atoms with Gasteiger partial charge in [-0.1, -0.05) is 42.4 Å². The molecular formula is C13H18N4O2S2. The summed E-state index contributed by atoms with van der Waals surface area (Å²) in [5, 5.41) is 20.9. The molecule has 1 heterocycles. The van der Waals surface area contributed by atoms with Crippen molar-refractivity contribution in [1.82, 2.24) is 10.2 Å². The maximum atomic E-state index is 11.5. The fourth-order valence-corrected chi connectivity index (χ4v) is 3.74. The minimum atomic E-state index is -0.712. The molecule has 1 saturated carbocycles. The van der Waals surface area contributed by atoms with Crippen LogP contribution in [0.3, 0.4) is 0 Å². The molecule has 0 saturated heterocycles. The van der Waals surface area contributed by atoms with E-state index in [0.717, 1.165) is 9.47 Å². The van der Waals surface area contributed by atoms with Crippen LogP contribution in [0.1, 0.15) is 39.0 Å². The predicted octanol–water partition coefficient (Wildman–Crippen LogP) is 2.83. The van der Waals surface area contributed by atoms with Crippen LogP contribution in [0.15, 0.2) is 4.34 Å². The highest BCUT2D eigenvalue weighted by Crippen LogP contribution is 2.28. The number of ether oxygens (including phenoxy) is 1. The SMILES string of the molecule is C[C@H](C#N)OC(=O)CSc1nnc(NC2CCCCC2)s1. The van der Waals surface area contributed by atoms with Gasteiger partial charge in [0.25, 0.3) is 0 Å². The third-order valence-electron chi connectivity index (χ3n) is 3.14. The highest BCUT2D eigenvalue weighted by molar-refractivity contribution is 8.01. The van der Waals surface area contributed by atoms with Gasteiger partial charge in [0.2, 0.25) is 5.13 Å². The van der Waals surface area contributed by atoms with Gasteiger partial charge < -0.3 is 10.1 Å². The molecule has 6 nitrogen and oxygen atoms in total. The van der Waals surface area contributed by atoms with Crippen LogP contribution in [0.5, 0.6) is 0 Å². The molecule has 0 spiro atoms. The first-order valence-corrected chi connectivity index (χ1v) is 8.79. The smallest absolute Gasteiger partial charge is 0.317 e. The summed E-state index contributed by atoms with van der Waals surface area (Å²) in [5.74, 6) is -0.268. The standard InChI is InChI=1S/C13H18N4O2S2/c1-9(7-14)19-11(18)8-20-13-17-16-12(21-13)15-10-5-3-2-4-6-10/h9-10H,2-6,8H2,1H3,(H,15,16)/t9-/m1/s1. The number of aromatic nitrogens is 2. The van der Waals surface area contributed by atoms with E-state index in [1.165, 1.54) is 55.2 Å². The zero-order valence-electron chi connectivity index (χ0n) is 11.9. The summed E-state index contributed by atoms with van der Waals surface area (Å²) in [6.07, 6.45) is 5.50. The maximum Gasteiger partial charge on any atom is 0.317 e. The normalized spacial score (nSPS) is 17.0. The van der Waals surface area contributed by atoms with E-state index in [1.54, 1.807) is 6.92 Å². The summed E-state index contributed by atoms with van der Waals surface area (Å²) < 4.78 is 5.60. The fraction of sp³-hybridized carbons (Fsp3) is 0.692. The molecule has 21 heavy (non-hydrogen) atoms. The van der Waals surface area contributed by atoms with Crippen molar-refractivity contribution in [2.75, 3.05) is 11.1 Å². The molecule has 1 aliphatic carbocycles. The molecule has 0 aromatic carbocycles. The van der Waals surface area contributed by atoms with E-state index in [0.29, 0.717) is 6.04 Å². The minimum Gasteiger partial charge on any atom is -0.447 e. The van der Waals surface area contributed by atoms with Crippen LogP contribution in [-0.2, 0) is 9.53 Å². The average Bonchev–Trinajstić information content (AvgIpc) is 2.93. The molecule has 0 amide bonds. The lowest BCUT2D eigenvalue weighted by Gasteiger charge is -2.21. The summed E-state index contributed by atoms with van der Waals surface area (Å²) in [7, 11) is 0. The molecule has 1 N–H and O–H groups in total. The van der Waals surface area contributed by atoms with Crippen LogP contribution < -0.4 is 5.32 Å². The highest BCUT2D eigenvalue weighted by atomic mass is 32.2. The number of nitrogens with zero attached hydrogens (tertiary/aromatic N) is 3. The van der Waals surface area contributed by atoms with E-state index < -0.39 is 12.1 Å². The van der Waals surface area contributed by atoms with Gasteiger partial charge in [-0.3, -0.25) is 4.79 Å². The van der Waals surface area contributed by atoms with Crippen molar-refractivity contribution >= 4 is 34.2 Å². The molecule has 0 unspecified atom stereocenters. The number of hydrogen-bond acceptors (Lipinski definition) is 8. The zero-order valence-corrected chi connectivity index (χ0v) is 13.5. The number of carbonyl (C=O) groups excluding carboxylic acids is 1. The number of thioether (sulfide) groups is 1. The molecule has 1 fully saturated rings. The Bertz CT molecular complexity index is 509. The van der Waals surface area contributed by atoms with Crippen molar-refractivity contribution < 1.29 is 9.53 Å². The van der Waals surface area contributed by atoms with Gasteiger partial charge >= 0.3 is 5.97 Å². The number of hydrogen-bond donors (Lipinski definition) is 1. The van der Waals surface area contributed by atoms with Crippen molar-refractivity contribution in [3.8, 4) is 6.07 Å². The first-order valence-electron chi connectivity index (χ1n) is 6.99. The first kappa shape index (κ1) is 16.0. The van der Waals surface area contributed by atoms with E-state index >= 15 is 0 Å². The number of rotatable bonds is 6. The Morgan fingerprint density at radius 1 is 1.52 bits per heavy atom. The second-order valence-electron chi connectivity index (χ2n) is 4.90. The van der Waals surface area contributed by atoms with E-state index in [2.05, 4.69) is 15.5 Å². The lowest BCUT2D eigenvalue weighted by molar-refractivity contribution is -0.142. The Labute approximate surface area is 132 Å². The Hall–Kier alpha value is -1.33. The van der Waals surface area contributed by atoms with Crippen molar-refractivity contribution in [2.45, 2.75) is 55.5 Å². The minimum absolute atomic E-state index is 0.143. The molecule has 1 aliphatic rings. The van der Waals surface area contributed by atoms with Gasteiger partial charge in [-0.05, 0) is 19.8 Å². The number of nitriles is 1. The molecule has 1 atom stereocenters. The molecule has 0 bridgehead atoms. The first-order chi connectivity index (χ1) is 10.2. The molecule has 114 valence electrons. The summed E-state index contributed by atoms with van der Waals surface area (Å²) in [5.41, 5.74) is 0. The lowest BCUT2D eigenvalue weighted by Crippen LogP contribution is -2.21. The largest absolute Gasteiger partial charge is 0.447 e. The van der Waals surface area contributed by atoms with Crippen molar-refractivity contribution in [1.29, 1.82) is 5.26 Å². The average molecular weight is 326 g/mol. The monoisotopic (exact) mass is 326 g/mol. The van der Waals surface area contributed by atoms with Crippen LogP contribution in [-0.4, -0.2) is 34.1 Å². The van der Waals surface area contributed by atoms with Crippen molar-refractivity contribution in [2.24, 2.45) is 0 Å². The van der Waals surface area contributed by atoms with E-state index in [1.807, 2.05) is 6.07 Å². The summed E-state index contributed by atoms with van der Waals surface area (Å²) in [6, 6.07) is 2.35. The van der Waals surface area contributed by atoms with Gasteiger partial charge in [0.15, 0.2) is 10.4 Å². The molecular weight excluding hydrogens is 308 g/mol. The second kappa shape index (κ2) is 8.20. The quantitative estimate of drug-likeness (QED) is 0.635. The van der Waals surface area contributed by atoms with Crippen LogP contribution in [0, 0.1) is 11.3 Å². The summed E-state index contributed by atoms with van der Waals surface area (Å²) in [4.78, 5) is 11.5. The molecule has 1 aromatic rings. The summed E-state index contributed by atoms with van der Waals surface area (Å²) in [6.45, 7) is 1.54. The van der Waals surface area contributed by atoms with Gasteiger partial charge in [0.1, 0.15) is 6.07 Å². The molecule has 0 aliphatic heterocycles.